The van der Waals surface area contributed by atoms with E-state index < -0.39 is 24.3 Å². The summed E-state index contributed by atoms with van der Waals surface area (Å²) in [6, 6.07) is 12.1. The van der Waals surface area contributed by atoms with Gasteiger partial charge >= 0.3 is 12.1 Å². The van der Waals surface area contributed by atoms with Crippen LogP contribution < -0.4 is 0 Å². The van der Waals surface area contributed by atoms with Gasteiger partial charge in [-0.05, 0) is 48.2 Å². The highest BCUT2D eigenvalue weighted by molar-refractivity contribution is 5.98. The van der Waals surface area contributed by atoms with Gasteiger partial charge < -0.3 is 4.74 Å². The number of Topliss-reactive ketones (excluding diaryl/α,β-unsaturated/α-hetero) is 1. The number of fused-ring (bicyclic) bond motifs is 1. The Morgan fingerprint density at radius 2 is 1.89 bits per heavy atom. The van der Waals surface area contributed by atoms with Crippen molar-refractivity contribution in [2.24, 2.45) is 0 Å². The number of aromatic nitrogens is 3. The fourth-order valence-corrected chi connectivity index (χ4v) is 3.57. The van der Waals surface area contributed by atoms with Crippen LogP contribution in [0.4, 0.5) is 13.2 Å². The molecule has 2 aromatic heterocycles. The van der Waals surface area contributed by atoms with Gasteiger partial charge in [0.15, 0.2) is 11.4 Å². The van der Waals surface area contributed by atoms with Crippen LogP contribution in [0.25, 0.3) is 5.65 Å². The Labute approximate surface area is 204 Å². The normalized spacial score (nSPS) is 11.1. The van der Waals surface area contributed by atoms with Crippen LogP contribution in [0.5, 0.6) is 0 Å². The minimum Gasteiger partial charge on any atom is -0.461 e. The predicted octanol–water partition coefficient (Wildman–Crippen LogP) is 4.94. The van der Waals surface area contributed by atoms with E-state index in [4.69, 9.17) is 4.74 Å². The molecule has 0 bridgehead atoms. The van der Waals surface area contributed by atoms with Gasteiger partial charge in [0, 0.05) is 36.2 Å². The number of aryl methyl sites for hydroxylation is 1. The smallest absolute Gasteiger partial charge is 0.416 e. The third-order valence-corrected chi connectivity index (χ3v) is 5.44. The van der Waals surface area contributed by atoms with Crippen LogP contribution in [0.15, 0.2) is 60.9 Å². The molecule has 0 N–H and O–H groups in total. The minimum absolute atomic E-state index is 0.177. The molecule has 0 aliphatic carbocycles. The Morgan fingerprint density at radius 3 is 2.64 bits per heavy atom. The lowest BCUT2D eigenvalue weighted by atomic mass is 9.96. The Bertz CT molecular complexity index is 1530. The molecule has 0 saturated carbocycles. The molecule has 2 aromatic carbocycles. The number of ketones is 1. The summed E-state index contributed by atoms with van der Waals surface area (Å²) < 4.78 is 47.0. The number of imidazole rings is 1. The lowest BCUT2D eigenvalue weighted by Crippen LogP contribution is -2.13. The summed E-state index contributed by atoms with van der Waals surface area (Å²) in [5.74, 6) is 5.01. The first-order valence-electron chi connectivity index (χ1n) is 10.9. The van der Waals surface area contributed by atoms with Crippen LogP contribution in [-0.4, -0.2) is 26.4 Å². The zero-order valence-corrected chi connectivity index (χ0v) is 19.4. The van der Waals surface area contributed by atoms with Gasteiger partial charge in [-0.1, -0.05) is 30.2 Å². The van der Waals surface area contributed by atoms with Crippen molar-refractivity contribution < 1.29 is 27.5 Å². The third kappa shape index (κ3) is 5.61. The van der Waals surface area contributed by atoms with E-state index in [-0.39, 0.29) is 23.3 Å². The second kappa shape index (κ2) is 10.0. The molecule has 0 aliphatic rings. The number of esters is 1. The molecule has 4 rings (SSSR count). The van der Waals surface area contributed by atoms with Gasteiger partial charge in [0.2, 0.25) is 0 Å². The van der Waals surface area contributed by atoms with Crippen molar-refractivity contribution in [3.8, 4) is 11.8 Å². The summed E-state index contributed by atoms with van der Waals surface area (Å²) in [6.45, 7) is 2.47. The molecule has 0 amide bonds. The second-order valence-electron chi connectivity index (χ2n) is 8.09. The Morgan fingerprint density at radius 1 is 1.08 bits per heavy atom. The van der Waals surface area contributed by atoms with Crippen molar-refractivity contribution >= 4 is 17.4 Å². The molecule has 0 spiro atoms. The van der Waals surface area contributed by atoms with Gasteiger partial charge in [0.25, 0.3) is 0 Å². The molecule has 9 heteroatoms. The fraction of sp³-hybridized carbons (Fsp3) is 0.185. The summed E-state index contributed by atoms with van der Waals surface area (Å²) in [5, 5.41) is 4.21. The van der Waals surface area contributed by atoms with E-state index >= 15 is 0 Å². The summed E-state index contributed by atoms with van der Waals surface area (Å²) in [7, 11) is 0. The number of alkyl halides is 3. The maximum Gasteiger partial charge on any atom is 0.416 e. The lowest BCUT2D eigenvalue weighted by molar-refractivity contribution is -0.145. The third-order valence-electron chi connectivity index (χ3n) is 5.44. The first-order valence-corrected chi connectivity index (χ1v) is 10.9. The zero-order valence-electron chi connectivity index (χ0n) is 19.4. The average molecular weight is 491 g/mol. The molecule has 0 aliphatic heterocycles. The SMILES string of the molecule is CC(=O)OCc1ccc(CC(=O)c2ccc(C)c(C#Cc3cnc4cccnn34)c2)cc1C(F)(F)F. The quantitative estimate of drug-likeness (QED) is 0.225. The Kier molecular flexibility index (Phi) is 6.88. The monoisotopic (exact) mass is 491 g/mol. The maximum atomic E-state index is 13.6. The van der Waals surface area contributed by atoms with Gasteiger partial charge in [-0.25, -0.2) is 9.50 Å². The molecule has 2 heterocycles. The largest absolute Gasteiger partial charge is 0.461 e. The van der Waals surface area contributed by atoms with E-state index in [1.54, 1.807) is 47.2 Å². The first kappa shape index (κ1) is 24.7. The van der Waals surface area contributed by atoms with Crippen LogP contribution >= 0.6 is 0 Å². The second-order valence-corrected chi connectivity index (χ2v) is 8.09. The minimum atomic E-state index is -4.66. The summed E-state index contributed by atoms with van der Waals surface area (Å²) in [6.07, 6.45) is -1.67. The van der Waals surface area contributed by atoms with Crippen LogP contribution in [0.3, 0.4) is 0 Å². The Hall–Kier alpha value is -4.45. The molecule has 36 heavy (non-hydrogen) atoms. The molecule has 6 nitrogen and oxygen atoms in total. The van der Waals surface area contributed by atoms with Crippen molar-refractivity contribution in [3.05, 3.63) is 100.0 Å². The molecular formula is C27H20F3N3O3. The van der Waals surface area contributed by atoms with Crippen molar-refractivity contribution in [2.45, 2.75) is 33.1 Å². The van der Waals surface area contributed by atoms with E-state index in [1.165, 1.54) is 12.1 Å². The number of carbonyl (C=O) groups is 2. The average Bonchev–Trinajstić information content (AvgIpc) is 3.25. The van der Waals surface area contributed by atoms with E-state index in [1.807, 2.05) is 6.92 Å². The van der Waals surface area contributed by atoms with Gasteiger partial charge in [-0.3, -0.25) is 9.59 Å². The highest BCUT2D eigenvalue weighted by Gasteiger charge is 2.34. The lowest BCUT2D eigenvalue weighted by Gasteiger charge is -2.14. The molecule has 4 aromatic rings. The maximum absolute atomic E-state index is 13.6. The molecule has 0 unspecified atom stereocenters. The molecule has 182 valence electrons. The first-order chi connectivity index (χ1) is 17.1. The number of ether oxygens (including phenoxy) is 1. The standard InChI is InChI=1S/C27H20F3N3O3/c1-17-5-7-21(14-20(17)9-10-23-15-31-26-4-3-11-32-33(23)26)25(35)13-19-6-8-22(16-36-18(2)34)24(12-19)27(28,29)30/h3-8,11-12,14-15H,13,16H2,1-2H3. The summed E-state index contributed by atoms with van der Waals surface area (Å²) >= 11 is 0. The number of halogens is 3. The number of rotatable bonds is 5. The highest BCUT2D eigenvalue weighted by atomic mass is 19.4. The molecule has 0 radical (unpaired) electrons. The Balaban J connectivity index is 1.58. The van der Waals surface area contributed by atoms with Gasteiger partial charge in [0.05, 0.1) is 11.8 Å². The number of hydrogen-bond donors (Lipinski definition) is 0. The number of benzene rings is 2. The summed E-state index contributed by atoms with van der Waals surface area (Å²) in [5.41, 5.74) is 2.10. The molecule has 0 atom stereocenters. The predicted molar refractivity (Wildman–Crippen MR) is 125 cm³/mol. The van der Waals surface area contributed by atoms with Crippen molar-refractivity contribution in [1.29, 1.82) is 0 Å². The van der Waals surface area contributed by atoms with E-state index in [0.717, 1.165) is 18.6 Å². The zero-order chi connectivity index (χ0) is 25.9. The van der Waals surface area contributed by atoms with Crippen LogP contribution in [0.2, 0.25) is 0 Å². The number of carbonyl (C=O) groups excluding carboxylic acids is 2. The fourth-order valence-electron chi connectivity index (χ4n) is 3.57. The van der Waals surface area contributed by atoms with Crippen LogP contribution in [0.1, 0.15) is 50.8 Å². The summed E-state index contributed by atoms with van der Waals surface area (Å²) in [4.78, 5) is 28.2. The van der Waals surface area contributed by atoms with Crippen molar-refractivity contribution in [1.82, 2.24) is 14.6 Å². The van der Waals surface area contributed by atoms with Gasteiger partial charge in [0.1, 0.15) is 12.3 Å². The van der Waals surface area contributed by atoms with Gasteiger partial charge in [-0.15, -0.1) is 0 Å². The van der Waals surface area contributed by atoms with E-state index in [2.05, 4.69) is 21.9 Å². The number of hydrogen-bond acceptors (Lipinski definition) is 5. The number of nitrogens with zero attached hydrogens (tertiary/aromatic N) is 3. The molecule has 0 fully saturated rings. The molecular weight excluding hydrogens is 471 g/mol. The van der Waals surface area contributed by atoms with Crippen LogP contribution in [-0.2, 0) is 28.7 Å². The van der Waals surface area contributed by atoms with E-state index in [9.17, 15) is 22.8 Å². The topological polar surface area (TPSA) is 73.6 Å². The van der Waals surface area contributed by atoms with Crippen molar-refractivity contribution in [2.75, 3.05) is 0 Å². The van der Waals surface area contributed by atoms with Crippen LogP contribution in [0, 0.1) is 18.8 Å². The van der Waals surface area contributed by atoms with Crippen molar-refractivity contribution in [3.63, 3.8) is 0 Å². The highest BCUT2D eigenvalue weighted by Crippen LogP contribution is 2.33. The van der Waals surface area contributed by atoms with E-state index in [0.29, 0.717) is 22.5 Å². The van der Waals surface area contributed by atoms with Gasteiger partial charge in [-0.2, -0.15) is 18.3 Å². The molecule has 0 saturated heterocycles.